The molecule has 0 saturated heterocycles. The second-order valence-corrected chi connectivity index (χ2v) is 4.98. The lowest BCUT2D eigenvalue weighted by Gasteiger charge is -2.21. The lowest BCUT2D eigenvalue weighted by atomic mass is 9.97. The van der Waals surface area contributed by atoms with E-state index in [4.69, 9.17) is 5.73 Å². The van der Waals surface area contributed by atoms with Crippen LogP contribution < -0.4 is 11.1 Å². The quantitative estimate of drug-likeness (QED) is 0.863. The van der Waals surface area contributed by atoms with E-state index in [1.165, 1.54) is 44.9 Å². The second-order valence-electron chi connectivity index (χ2n) is 4.98. The highest BCUT2D eigenvalue weighted by molar-refractivity contribution is 5.93. The molecule has 1 saturated carbocycles. The van der Waals surface area contributed by atoms with Crippen molar-refractivity contribution in [3.63, 3.8) is 0 Å². The summed E-state index contributed by atoms with van der Waals surface area (Å²) in [5.74, 6) is 0.356. The van der Waals surface area contributed by atoms with Gasteiger partial charge in [0.25, 0.3) is 0 Å². The average Bonchev–Trinajstić information content (AvgIpc) is 2.33. The molecule has 2 rings (SSSR count). The number of hydrogen-bond donors (Lipinski definition) is 2. The molecule has 4 heteroatoms. The van der Waals surface area contributed by atoms with Crippen molar-refractivity contribution in [2.45, 2.75) is 51.0 Å². The summed E-state index contributed by atoms with van der Waals surface area (Å²) in [6.45, 7) is 0. The number of carbonyl (C=O) groups excluding carboxylic acids is 1. The maximum Gasteiger partial charge on any atom is 0.248 e. The molecule has 0 unspecified atom stereocenters. The molecule has 4 nitrogen and oxygen atoms in total. The zero-order valence-electron chi connectivity index (χ0n) is 10.7. The van der Waals surface area contributed by atoms with E-state index in [2.05, 4.69) is 10.3 Å². The number of hydrogen-bond acceptors (Lipinski definition) is 3. The first-order chi connectivity index (χ1) is 8.75. The Kier molecular flexibility index (Phi) is 4.56. The van der Waals surface area contributed by atoms with Crippen LogP contribution in [0.4, 0.5) is 5.82 Å². The Morgan fingerprint density at radius 2 is 1.89 bits per heavy atom. The van der Waals surface area contributed by atoms with Crippen LogP contribution in [0.1, 0.15) is 55.3 Å². The second kappa shape index (κ2) is 6.38. The molecular weight excluding hydrogens is 226 g/mol. The minimum atomic E-state index is -0.405. The van der Waals surface area contributed by atoms with Gasteiger partial charge in [0.15, 0.2) is 0 Å². The minimum absolute atomic E-state index is 0.405. The molecule has 3 N–H and O–H groups in total. The van der Waals surface area contributed by atoms with Gasteiger partial charge in [-0.15, -0.1) is 0 Å². The fourth-order valence-corrected chi connectivity index (χ4v) is 2.47. The van der Waals surface area contributed by atoms with Gasteiger partial charge in [-0.05, 0) is 25.0 Å². The van der Waals surface area contributed by atoms with Gasteiger partial charge in [-0.3, -0.25) is 4.79 Å². The minimum Gasteiger partial charge on any atom is -0.367 e. The highest BCUT2D eigenvalue weighted by atomic mass is 16.1. The predicted octanol–water partition coefficient (Wildman–Crippen LogP) is 2.71. The van der Waals surface area contributed by atoms with Gasteiger partial charge in [0.05, 0.1) is 0 Å². The van der Waals surface area contributed by atoms with Crippen LogP contribution in [0, 0.1) is 0 Å². The predicted molar refractivity (Wildman–Crippen MR) is 72.5 cm³/mol. The van der Waals surface area contributed by atoms with Crippen LogP contribution >= 0.6 is 0 Å². The van der Waals surface area contributed by atoms with Crippen LogP contribution in [-0.2, 0) is 0 Å². The standard InChI is InChI=1S/C14H21N3O/c15-14(18)11-8-9-16-13(10-11)17-12-6-4-2-1-3-5-7-12/h8-10,12H,1-7H2,(H2,15,18)(H,16,17). The summed E-state index contributed by atoms with van der Waals surface area (Å²) in [6, 6.07) is 3.85. The summed E-state index contributed by atoms with van der Waals surface area (Å²) >= 11 is 0. The van der Waals surface area contributed by atoms with Gasteiger partial charge >= 0.3 is 0 Å². The van der Waals surface area contributed by atoms with Crippen LogP contribution in [0.15, 0.2) is 18.3 Å². The van der Waals surface area contributed by atoms with Crippen LogP contribution in [0.3, 0.4) is 0 Å². The normalized spacial score (nSPS) is 17.8. The molecule has 1 heterocycles. The summed E-state index contributed by atoms with van der Waals surface area (Å²) in [6.07, 6.45) is 10.6. The van der Waals surface area contributed by atoms with Crippen molar-refractivity contribution in [3.8, 4) is 0 Å². The SMILES string of the molecule is NC(=O)c1ccnc(NC2CCCCCCC2)c1. The Bertz CT molecular complexity index is 398. The maximum atomic E-state index is 11.1. The Morgan fingerprint density at radius 1 is 1.22 bits per heavy atom. The molecule has 18 heavy (non-hydrogen) atoms. The van der Waals surface area contributed by atoms with Gasteiger partial charge < -0.3 is 11.1 Å². The van der Waals surface area contributed by atoms with Crippen molar-refractivity contribution in [2.24, 2.45) is 5.73 Å². The highest BCUT2D eigenvalue weighted by Gasteiger charge is 2.12. The largest absolute Gasteiger partial charge is 0.367 e. The topological polar surface area (TPSA) is 68.0 Å². The molecule has 0 radical (unpaired) electrons. The van der Waals surface area contributed by atoms with Crippen molar-refractivity contribution >= 4 is 11.7 Å². The number of nitrogens with one attached hydrogen (secondary N) is 1. The molecule has 0 spiro atoms. The molecule has 1 aliphatic carbocycles. The highest BCUT2D eigenvalue weighted by Crippen LogP contribution is 2.20. The molecule has 1 aromatic rings. The van der Waals surface area contributed by atoms with Crippen LogP contribution in [-0.4, -0.2) is 16.9 Å². The summed E-state index contributed by atoms with van der Waals surface area (Å²) in [5, 5.41) is 3.42. The van der Waals surface area contributed by atoms with E-state index in [1.54, 1.807) is 18.3 Å². The van der Waals surface area contributed by atoms with Crippen LogP contribution in [0.25, 0.3) is 0 Å². The zero-order valence-corrected chi connectivity index (χ0v) is 10.7. The van der Waals surface area contributed by atoms with Crippen molar-refractivity contribution < 1.29 is 4.79 Å². The molecular formula is C14H21N3O. The Hall–Kier alpha value is -1.58. The number of rotatable bonds is 3. The molecule has 0 atom stereocenters. The molecule has 0 bridgehead atoms. The maximum absolute atomic E-state index is 11.1. The third-order valence-corrected chi connectivity index (χ3v) is 3.50. The van der Waals surface area contributed by atoms with E-state index >= 15 is 0 Å². The first-order valence-corrected chi connectivity index (χ1v) is 6.78. The van der Waals surface area contributed by atoms with E-state index in [0.29, 0.717) is 11.6 Å². The van der Waals surface area contributed by atoms with E-state index < -0.39 is 5.91 Å². The van der Waals surface area contributed by atoms with Crippen LogP contribution in [0.5, 0.6) is 0 Å². The van der Waals surface area contributed by atoms with E-state index in [1.807, 2.05) is 0 Å². The average molecular weight is 247 g/mol. The number of carbonyl (C=O) groups is 1. The molecule has 1 fully saturated rings. The number of anilines is 1. The molecule has 1 amide bonds. The van der Waals surface area contributed by atoms with Crippen molar-refractivity contribution in [2.75, 3.05) is 5.32 Å². The van der Waals surface area contributed by atoms with Crippen LogP contribution in [0.2, 0.25) is 0 Å². The molecule has 1 aliphatic rings. The van der Waals surface area contributed by atoms with Gasteiger partial charge in [0.1, 0.15) is 5.82 Å². The summed E-state index contributed by atoms with van der Waals surface area (Å²) in [4.78, 5) is 15.4. The number of nitrogens with two attached hydrogens (primary N) is 1. The Morgan fingerprint density at radius 3 is 2.56 bits per heavy atom. The van der Waals surface area contributed by atoms with Gasteiger partial charge in [-0.2, -0.15) is 0 Å². The molecule has 0 aromatic carbocycles. The van der Waals surface area contributed by atoms with Gasteiger partial charge in [-0.25, -0.2) is 4.98 Å². The first-order valence-electron chi connectivity index (χ1n) is 6.78. The fourth-order valence-electron chi connectivity index (χ4n) is 2.47. The third kappa shape index (κ3) is 3.72. The smallest absolute Gasteiger partial charge is 0.248 e. The molecule has 1 aromatic heterocycles. The van der Waals surface area contributed by atoms with E-state index in [9.17, 15) is 4.79 Å². The third-order valence-electron chi connectivity index (χ3n) is 3.50. The van der Waals surface area contributed by atoms with Crippen molar-refractivity contribution in [3.05, 3.63) is 23.9 Å². The van der Waals surface area contributed by atoms with Crippen molar-refractivity contribution in [1.29, 1.82) is 0 Å². The first kappa shape index (κ1) is 12.9. The Balaban J connectivity index is 1.98. The number of nitrogens with zero attached hydrogens (tertiary/aromatic N) is 1. The number of aromatic nitrogens is 1. The summed E-state index contributed by atoms with van der Waals surface area (Å²) < 4.78 is 0. The number of pyridine rings is 1. The fraction of sp³-hybridized carbons (Fsp3) is 0.571. The van der Waals surface area contributed by atoms with Gasteiger partial charge in [-0.1, -0.05) is 32.1 Å². The number of amides is 1. The summed E-state index contributed by atoms with van der Waals surface area (Å²) in [5.41, 5.74) is 5.78. The Labute approximate surface area is 108 Å². The molecule has 0 aliphatic heterocycles. The molecule has 98 valence electrons. The van der Waals surface area contributed by atoms with Gasteiger partial charge in [0.2, 0.25) is 5.91 Å². The lowest BCUT2D eigenvalue weighted by Crippen LogP contribution is -2.21. The van der Waals surface area contributed by atoms with Crippen molar-refractivity contribution in [1.82, 2.24) is 4.98 Å². The van der Waals surface area contributed by atoms with E-state index in [0.717, 1.165) is 5.82 Å². The van der Waals surface area contributed by atoms with E-state index in [-0.39, 0.29) is 0 Å². The monoisotopic (exact) mass is 247 g/mol. The lowest BCUT2D eigenvalue weighted by molar-refractivity contribution is 0.1000. The summed E-state index contributed by atoms with van der Waals surface area (Å²) in [7, 11) is 0. The van der Waals surface area contributed by atoms with Gasteiger partial charge in [0, 0.05) is 17.8 Å². The number of primary amides is 1. The zero-order chi connectivity index (χ0) is 12.8.